The highest BCUT2D eigenvalue weighted by Gasteiger charge is 1.96. The normalized spacial score (nSPS) is 9.60. The summed E-state index contributed by atoms with van der Waals surface area (Å²) in [6.45, 7) is 0.857. The van der Waals surface area contributed by atoms with Gasteiger partial charge >= 0.3 is 0 Å². The molecular weight excluding hydrogens is 208 g/mol. The van der Waals surface area contributed by atoms with E-state index in [0.717, 1.165) is 13.0 Å². The van der Waals surface area contributed by atoms with Crippen molar-refractivity contribution >= 4 is 17.7 Å². The van der Waals surface area contributed by atoms with E-state index in [2.05, 4.69) is 21.5 Å². The Morgan fingerprint density at radius 3 is 3.13 bits per heavy atom. The second-order valence-corrected chi connectivity index (χ2v) is 3.99. The van der Waals surface area contributed by atoms with Gasteiger partial charge in [-0.3, -0.25) is 0 Å². The van der Waals surface area contributed by atoms with Gasteiger partial charge in [0.05, 0.1) is 0 Å². The maximum absolute atomic E-state index is 8.63. The quantitative estimate of drug-likeness (QED) is 0.745. The summed E-state index contributed by atoms with van der Waals surface area (Å²) in [6, 6.07) is 3.58. The SMILES string of the molecule is CSCCCCNc1nccc(C#N)n1. The number of rotatable bonds is 6. The van der Waals surface area contributed by atoms with E-state index in [4.69, 9.17) is 5.26 Å². The topological polar surface area (TPSA) is 61.6 Å². The summed E-state index contributed by atoms with van der Waals surface area (Å²) >= 11 is 1.85. The van der Waals surface area contributed by atoms with Crippen LogP contribution in [0.4, 0.5) is 5.95 Å². The van der Waals surface area contributed by atoms with Gasteiger partial charge in [0.2, 0.25) is 5.95 Å². The molecule has 0 bridgehead atoms. The van der Waals surface area contributed by atoms with Crippen molar-refractivity contribution in [2.45, 2.75) is 12.8 Å². The van der Waals surface area contributed by atoms with E-state index in [1.165, 1.54) is 12.2 Å². The van der Waals surface area contributed by atoms with Crippen molar-refractivity contribution in [2.24, 2.45) is 0 Å². The molecule has 0 unspecified atom stereocenters. The molecule has 0 saturated heterocycles. The first-order valence-corrected chi connectivity index (χ1v) is 6.22. The monoisotopic (exact) mass is 222 g/mol. The molecule has 0 aliphatic rings. The van der Waals surface area contributed by atoms with E-state index in [9.17, 15) is 0 Å². The van der Waals surface area contributed by atoms with Crippen LogP contribution in [0.15, 0.2) is 12.3 Å². The summed E-state index contributed by atoms with van der Waals surface area (Å²) in [5.74, 6) is 1.72. The maximum Gasteiger partial charge on any atom is 0.223 e. The first kappa shape index (κ1) is 11.8. The van der Waals surface area contributed by atoms with Crippen LogP contribution in [0.5, 0.6) is 0 Å². The first-order valence-electron chi connectivity index (χ1n) is 4.83. The Morgan fingerprint density at radius 1 is 1.53 bits per heavy atom. The third-order valence-electron chi connectivity index (χ3n) is 1.83. The van der Waals surface area contributed by atoms with Crippen LogP contribution in [-0.2, 0) is 0 Å². The highest BCUT2D eigenvalue weighted by molar-refractivity contribution is 7.98. The number of nitrogens with one attached hydrogen (secondary N) is 1. The van der Waals surface area contributed by atoms with Crippen LogP contribution >= 0.6 is 11.8 Å². The molecule has 0 radical (unpaired) electrons. The molecule has 5 heteroatoms. The zero-order valence-corrected chi connectivity index (χ0v) is 9.55. The number of aromatic nitrogens is 2. The van der Waals surface area contributed by atoms with Gasteiger partial charge in [-0.1, -0.05) is 0 Å². The van der Waals surface area contributed by atoms with E-state index in [-0.39, 0.29) is 0 Å². The average molecular weight is 222 g/mol. The molecule has 0 aromatic carbocycles. The van der Waals surface area contributed by atoms with Crippen molar-refractivity contribution in [3.63, 3.8) is 0 Å². The lowest BCUT2D eigenvalue weighted by Crippen LogP contribution is -2.06. The van der Waals surface area contributed by atoms with Crippen LogP contribution in [0.2, 0.25) is 0 Å². The molecular formula is C10H14N4S. The lowest BCUT2D eigenvalue weighted by atomic mass is 10.3. The second-order valence-electron chi connectivity index (χ2n) is 3.00. The molecule has 0 atom stereocenters. The smallest absolute Gasteiger partial charge is 0.223 e. The fourth-order valence-corrected chi connectivity index (χ4v) is 1.57. The van der Waals surface area contributed by atoms with Crippen LogP contribution in [0.3, 0.4) is 0 Å². The molecule has 1 aromatic heterocycles. The fourth-order valence-electron chi connectivity index (χ4n) is 1.08. The number of nitrogens with zero attached hydrogens (tertiary/aromatic N) is 3. The van der Waals surface area contributed by atoms with E-state index >= 15 is 0 Å². The molecule has 0 amide bonds. The van der Waals surface area contributed by atoms with Crippen LogP contribution in [0.1, 0.15) is 18.5 Å². The van der Waals surface area contributed by atoms with Gasteiger partial charge in [0.1, 0.15) is 11.8 Å². The maximum atomic E-state index is 8.63. The molecule has 0 fully saturated rings. The summed E-state index contributed by atoms with van der Waals surface area (Å²) < 4.78 is 0. The predicted molar refractivity (Wildman–Crippen MR) is 62.9 cm³/mol. The Labute approximate surface area is 94.1 Å². The number of unbranched alkanes of at least 4 members (excludes halogenated alkanes) is 1. The van der Waals surface area contributed by atoms with Crippen molar-refractivity contribution in [1.82, 2.24) is 9.97 Å². The zero-order valence-electron chi connectivity index (χ0n) is 8.73. The minimum atomic E-state index is 0.400. The minimum Gasteiger partial charge on any atom is -0.354 e. The van der Waals surface area contributed by atoms with Gasteiger partial charge in [-0.25, -0.2) is 9.97 Å². The number of thioether (sulfide) groups is 1. The lowest BCUT2D eigenvalue weighted by Gasteiger charge is -2.03. The van der Waals surface area contributed by atoms with Crippen LogP contribution < -0.4 is 5.32 Å². The molecule has 1 aromatic rings. The summed E-state index contributed by atoms with van der Waals surface area (Å²) in [7, 11) is 0. The molecule has 0 spiro atoms. The third kappa shape index (κ3) is 4.66. The molecule has 80 valence electrons. The highest BCUT2D eigenvalue weighted by Crippen LogP contribution is 2.02. The Hall–Kier alpha value is -1.28. The number of nitriles is 1. The predicted octanol–water partition coefficient (Wildman–Crippen LogP) is 1.90. The molecule has 1 rings (SSSR count). The van der Waals surface area contributed by atoms with Gasteiger partial charge in [-0.15, -0.1) is 0 Å². The van der Waals surface area contributed by atoms with E-state index in [1.54, 1.807) is 12.3 Å². The second kappa shape index (κ2) is 7.07. The van der Waals surface area contributed by atoms with Gasteiger partial charge in [0.15, 0.2) is 0 Å². The Balaban J connectivity index is 2.28. The van der Waals surface area contributed by atoms with Crippen molar-refractivity contribution in [3.8, 4) is 6.07 Å². The van der Waals surface area contributed by atoms with Crippen molar-refractivity contribution in [1.29, 1.82) is 5.26 Å². The highest BCUT2D eigenvalue weighted by atomic mass is 32.2. The van der Waals surface area contributed by atoms with E-state index in [0.29, 0.717) is 11.6 Å². The number of hydrogen-bond donors (Lipinski definition) is 1. The Bertz CT molecular complexity index is 334. The Kier molecular flexibility index (Phi) is 5.56. The molecule has 4 nitrogen and oxygen atoms in total. The molecule has 0 saturated carbocycles. The Morgan fingerprint density at radius 2 is 2.40 bits per heavy atom. The largest absolute Gasteiger partial charge is 0.354 e. The molecule has 15 heavy (non-hydrogen) atoms. The molecule has 0 aliphatic carbocycles. The van der Waals surface area contributed by atoms with Crippen LogP contribution in [-0.4, -0.2) is 28.5 Å². The standard InChI is InChI=1S/C10H14N4S/c1-15-7-3-2-5-12-10-13-6-4-9(8-11)14-10/h4,6H,2-3,5,7H2,1H3,(H,12,13,14). The van der Waals surface area contributed by atoms with Crippen LogP contribution in [0, 0.1) is 11.3 Å². The minimum absolute atomic E-state index is 0.400. The molecule has 0 aliphatic heterocycles. The van der Waals surface area contributed by atoms with Crippen molar-refractivity contribution < 1.29 is 0 Å². The summed E-state index contributed by atoms with van der Waals surface area (Å²) in [4.78, 5) is 8.05. The first-order chi connectivity index (χ1) is 7.36. The molecule has 1 heterocycles. The van der Waals surface area contributed by atoms with Gasteiger partial charge in [0.25, 0.3) is 0 Å². The third-order valence-corrected chi connectivity index (χ3v) is 2.53. The van der Waals surface area contributed by atoms with Gasteiger partial charge in [0, 0.05) is 12.7 Å². The molecule has 1 N–H and O–H groups in total. The summed E-state index contributed by atoms with van der Waals surface area (Å²) in [5.41, 5.74) is 0.400. The van der Waals surface area contributed by atoms with Gasteiger partial charge < -0.3 is 5.32 Å². The number of anilines is 1. The number of hydrogen-bond acceptors (Lipinski definition) is 5. The van der Waals surface area contributed by atoms with Gasteiger partial charge in [-0.05, 0) is 30.9 Å². The van der Waals surface area contributed by atoms with Crippen LogP contribution in [0.25, 0.3) is 0 Å². The zero-order chi connectivity index (χ0) is 10.9. The lowest BCUT2D eigenvalue weighted by molar-refractivity contribution is 0.834. The van der Waals surface area contributed by atoms with E-state index < -0.39 is 0 Å². The fraction of sp³-hybridized carbons (Fsp3) is 0.500. The summed E-state index contributed by atoms with van der Waals surface area (Å²) in [6.07, 6.45) is 5.98. The van der Waals surface area contributed by atoms with Crippen molar-refractivity contribution in [2.75, 3.05) is 23.9 Å². The van der Waals surface area contributed by atoms with Crippen molar-refractivity contribution in [3.05, 3.63) is 18.0 Å². The van der Waals surface area contributed by atoms with Gasteiger partial charge in [-0.2, -0.15) is 17.0 Å². The van der Waals surface area contributed by atoms with E-state index in [1.807, 2.05) is 17.8 Å². The average Bonchev–Trinajstić information content (AvgIpc) is 2.29. The summed E-state index contributed by atoms with van der Waals surface area (Å²) in [5, 5.41) is 11.7.